The second kappa shape index (κ2) is 5.02. The van der Waals surface area contributed by atoms with Gasteiger partial charge in [-0.25, -0.2) is 9.59 Å². The van der Waals surface area contributed by atoms with Gasteiger partial charge in [0.2, 0.25) is 0 Å². The summed E-state index contributed by atoms with van der Waals surface area (Å²) in [5.74, 6) is -1.38. The largest absolute Gasteiger partial charge is 0.461 e. The van der Waals surface area contributed by atoms with Gasteiger partial charge in [-0.15, -0.1) is 0 Å². The van der Waals surface area contributed by atoms with Crippen molar-refractivity contribution in [3.8, 4) is 0 Å². The zero-order valence-corrected chi connectivity index (χ0v) is 11.4. The molecule has 2 saturated carbocycles. The van der Waals surface area contributed by atoms with Gasteiger partial charge in [0.15, 0.2) is 6.61 Å². The summed E-state index contributed by atoms with van der Waals surface area (Å²) in [6, 6.07) is 0. The summed E-state index contributed by atoms with van der Waals surface area (Å²) in [7, 11) is 0. The third-order valence-corrected chi connectivity index (χ3v) is 4.52. The van der Waals surface area contributed by atoms with Crippen LogP contribution in [0.1, 0.15) is 12.8 Å². The molecular formula is C15H16O6. The van der Waals surface area contributed by atoms with Crippen LogP contribution in [-0.4, -0.2) is 36.7 Å². The average Bonchev–Trinajstić information content (AvgIpc) is 3.03. The first kappa shape index (κ1) is 13.9. The van der Waals surface area contributed by atoms with Crippen molar-refractivity contribution >= 4 is 17.9 Å². The van der Waals surface area contributed by atoms with Gasteiger partial charge in [0.1, 0.15) is 12.2 Å². The normalized spacial score (nSPS) is 36.1. The monoisotopic (exact) mass is 292 g/mol. The molecule has 0 spiro atoms. The van der Waals surface area contributed by atoms with Crippen LogP contribution >= 0.6 is 0 Å². The topological polar surface area (TPSA) is 78.9 Å². The fourth-order valence-corrected chi connectivity index (χ4v) is 3.75. The number of ether oxygens (including phenoxy) is 3. The van der Waals surface area contributed by atoms with Crippen LogP contribution in [0.2, 0.25) is 0 Å². The van der Waals surface area contributed by atoms with E-state index in [4.69, 9.17) is 9.47 Å². The lowest BCUT2D eigenvalue weighted by atomic mass is 9.84. The predicted octanol–water partition coefficient (Wildman–Crippen LogP) is 0.765. The van der Waals surface area contributed by atoms with Crippen LogP contribution in [0.3, 0.4) is 0 Å². The molecule has 3 rings (SSSR count). The van der Waals surface area contributed by atoms with Gasteiger partial charge in [-0.3, -0.25) is 4.79 Å². The van der Waals surface area contributed by atoms with E-state index in [1.54, 1.807) is 0 Å². The van der Waals surface area contributed by atoms with Crippen LogP contribution in [0.15, 0.2) is 24.8 Å². The van der Waals surface area contributed by atoms with Gasteiger partial charge >= 0.3 is 17.9 Å². The van der Waals surface area contributed by atoms with Gasteiger partial charge in [-0.1, -0.05) is 18.7 Å². The van der Waals surface area contributed by atoms with E-state index in [9.17, 15) is 14.4 Å². The molecule has 3 fully saturated rings. The van der Waals surface area contributed by atoms with Crippen molar-refractivity contribution in [1.29, 1.82) is 0 Å². The number of carbonyl (C=O) groups is 3. The molecular weight excluding hydrogens is 276 g/mol. The minimum absolute atomic E-state index is 0.0366. The maximum absolute atomic E-state index is 11.7. The molecule has 5 atom stereocenters. The van der Waals surface area contributed by atoms with Crippen molar-refractivity contribution in [3.05, 3.63) is 24.8 Å². The molecule has 3 aliphatic rings. The molecule has 5 unspecified atom stereocenters. The quantitative estimate of drug-likeness (QED) is 0.329. The molecule has 1 saturated heterocycles. The smallest absolute Gasteiger partial charge is 0.344 e. The van der Waals surface area contributed by atoms with Crippen molar-refractivity contribution < 1.29 is 28.6 Å². The van der Waals surface area contributed by atoms with E-state index in [1.807, 2.05) is 0 Å². The minimum Gasteiger partial charge on any atom is -0.461 e. The number of carbonyl (C=O) groups excluding carboxylic acids is 3. The molecule has 2 bridgehead atoms. The Morgan fingerprint density at radius 2 is 2.19 bits per heavy atom. The van der Waals surface area contributed by atoms with E-state index < -0.39 is 18.5 Å². The lowest BCUT2D eigenvalue weighted by Crippen LogP contribution is -2.35. The van der Waals surface area contributed by atoms with Crippen molar-refractivity contribution in [2.45, 2.75) is 25.0 Å². The first-order valence-electron chi connectivity index (χ1n) is 6.88. The first-order valence-corrected chi connectivity index (χ1v) is 6.88. The van der Waals surface area contributed by atoms with Crippen LogP contribution in [-0.2, 0) is 28.6 Å². The fourth-order valence-electron chi connectivity index (χ4n) is 3.75. The summed E-state index contributed by atoms with van der Waals surface area (Å²) in [4.78, 5) is 34.0. The third kappa shape index (κ3) is 2.24. The van der Waals surface area contributed by atoms with Crippen molar-refractivity contribution in [1.82, 2.24) is 0 Å². The Kier molecular flexibility index (Phi) is 3.31. The summed E-state index contributed by atoms with van der Waals surface area (Å²) in [6.45, 7) is 6.86. The zero-order valence-electron chi connectivity index (χ0n) is 11.4. The standard InChI is InChI=1S/C15H16O6/c1-3-11(16)19-6-13(18)20-10-4-8-7(2)14(10)9-5-12(17)21-15(8)9/h3,8-10,14-15H,1-2,4-6H2. The van der Waals surface area contributed by atoms with Crippen LogP contribution in [0, 0.1) is 17.8 Å². The van der Waals surface area contributed by atoms with Gasteiger partial charge in [0.05, 0.1) is 6.42 Å². The molecule has 0 N–H and O–H groups in total. The molecule has 1 aliphatic heterocycles. The summed E-state index contributed by atoms with van der Waals surface area (Å²) in [5, 5.41) is 0. The van der Waals surface area contributed by atoms with Crippen molar-refractivity contribution in [3.63, 3.8) is 0 Å². The van der Waals surface area contributed by atoms with E-state index in [1.165, 1.54) is 0 Å². The third-order valence-electron chi connectivity index (χ3n) is 4.52. The number of fused-ring (bicyclic) bond motifs is 5. The Balaban J connectivity index is 1.60. The molecule has 112 valence electrons. The van der Waals surface area contributed by atoms with Crippen molar-refractivity contribution in [2.24, 2.45) is 17.8 Å². The van der Waals surface area contributed by atoms with Crippen molar-refractivity contribution in [2.75, 3.05) is 6.61 Å². The molecule has 1 heterocycles. The molecule has 2 aliphatic carbocycles. The van der Waals surface area contributed by atoms with Gasteiger partial charge in [-0.2, -0.15) is 0 Å². The van der Waals surface area contributed by atoms with E-state index in [0.717, 1.165) is 11.6 Å². The SMILES string of the molecule is C=CC(=O)OCC(=O)OC1CC2C(=C)C1C1CC(=O)OC21. The Bertz CT molecular complexity index is 536. The van der Waals surface area contributed by atoms with E-state index in [-0.39, 0.29) is 35.9 Å². The van der Waals surface area contributed by atoms with E-state index in [0.29, 0.717) is 12.8 Å². The Hall–Kier alpha value is -2.11. The van der Waals surface area contributed by atoms with Gasteiger partial charge < -0.3 is 14.2 Å². The molecule has 6 nitrogen and oxygen atoms in total. The second-order valence-electron chi connectivity index (χ2n) is 5.61. The van der Waals surface area contributed by atoms with E-state index in [2.05, 4.69) is 17.9 Å². The van der Waals surface area contributed by atoms with Gasteiger partial charge in [0, 0.05) is 23.8 Å². The van der Waals surface area contributed by atoms with E-state index >= 15 is 0 Å². The number of esters is 3. The molecule has 0 radical (unpaired) electrons. The Labute approximate surface area is 121 Å². The van der Waals surface area contributed by atoms with Crippen LogP contribution in [0.25, 0.3) is 0 Å². The van der Waals surface area contributed by atoms with Crippen LogP contribution < -0.4 is 0 Å². The first-order chi connectivity index (χ1) is 10.0. The highest BCUT2D eigenvalue weighted by atomic mass is 16.6. The second-order valence-corrected chi connectivity index (χ2v) is 5.61. The van der Waals surface area contributed by atoms with Crippen LogP contribution in [0.5, 0.6) is 0 Å². The fraction of sp³-hybridized carbons (Fsp3) is 0.533. The number of hydrogen-bond donors (Lipinski definition) is 0. The zero-order chi connectivity index (χ0) is 15.1. The average molecular weight is 292 g/mol. The minimum atomic E-state index is -0.667. The Morgan fingerprint density at radius 1 is 1.43 bits per heavy atom. The number of rotatable bonds is 4. The molecule has 0 aromatic heterocycles. The molecule has 0 amide bonds. The summed E-state index contributed by atoms with van der Waals surface area (Å²) in [6.07, 6.45) is 1.53. The Morgan fingerprint density at radius 3 is 2.90 bits per heavy atom. The van der Waals surface area contributed by atoms with Crippen LogP contribution in [0.4, 0.5) is 0 Å². The summed E-state index contributed by atoms with van der Waals surface area (Å²) < 4.78 is 15.3. The highest BCUT2D eigenvalue weighted by Crippen LogP contribution is 2.57. The number of hydrogen-bond acceptors (Lipinski definition) is 6. The highest BCUT2D eigenvalue weighted by Gasteiger charge is 2.61. The van der Waals surface area contributed by atoms with Gasteiger partial charge in [0.25, 0.3) is 0 Å². The molecule has 0 aromatic rings. The maximum atomic E-state index is 11.7. The molecule has 21 heavy (non-hydrogen) atoms. The molecule has 6 heteroatoms. The molecule has 0 aromatic carbocycles. The van der Waals surface area contributed by atoms with Gasteiger partial charge in [-0.05, 0) is 6.42 Å². The lowest BCUT2D eigenvalue weighted by Gasteiger charge is -2.28. The maximum Gasteiger partial charge on any atom is 0.344 e. The lowest BCUT2D eigenvalue weighted by molar-refractivity contribution is -0.163. The predicted molar refractivity (Wildman–Crippen MR) is 69.8 cm³/mol. The summed E-state index contributed by atoms with van der Waals surface area (Å²) >= 11 is 0. The highest BCUT2D eigenvalue weighted by molar-refractivity contribution is 5.83. The summed E-state index contributed by atoms with van der Waals surface area (Å²) in [5.41, 5.74) is 0.999.